The molecule has 0 bridgehead atoms. The summed E-state index contributed by atoms with van der Waals surface area (Å²) in [6.45, 7) is 4.11. The first kappa shape index (κ1) is 21.4. The van der Waals surface area contributed by atoms with E-state index in [0.717, 1.165) is 29.8 Å². The normalized spacial score (nSPS) is 15.7. The molecule has 0 radical (unpaired) electrons. The van der Waals surface area contributed by atoms with E-state index in [2.05, 4.69) is 29.6 Å². The van der Waals surface area contributed by atoms with Crippen molar-refractivity contribution < 1.29 is 24.1 Å². The Morgan fingerprint density at radius 3 is 2.39 bits per heavy atom. The molecule has 0 saturated carbocycles. The molecule has 3 aromatic rings. The number of benzene rings is 2. The molecular weight excluding hydrogens is 392 g/mol. The number of fused-ring (bicyclic) bond motifs is 1. The molecule has 3 N–H and O–H groups in total. The van der Waals surface area contributed by atoms with E-state index in [9.17, 15) is 4.79 Å². The van der Waals surface area contributed by atoms with Gasteiger partial charge in [-0.25, -0.2) is 4.79 Å². The predicted octanol–water partition coefficient (Wildman–Crippen LogP) is 1.68. The lowest BCUT2D eigenvalue weighted by Gasteiger charge is -2.31. The van der Waals surface area contributed by atoms with Crippen LogP contribution in [-0.2, 0) is 6.54 Å². The molecule has 2 aromatic carbocycles. The van der Waals surface area contributed by atoms with Crippen LogP contribution in [0.1, 0.15) is 36.4 Å². The van der Waals surface area contributed by atoms with Crippen LogP contribution in [0.3, 0.4) is 0 Å². The van der Waals surface area contributed by atoms with Crippen LogP contribution < -0.4 is 25.3 Å². The number of nitrogens with two attached hydrogens (primary N) is 1. The van der Waals surface area contributed by atoms with Crippen molar-refractivity contribution in [3.8, 4) is 11.5 Å². The van der Waals surface area contributed by atoms with E-state index >= 15 is 0 Å². The zero-order valence-electron chi connectivity index (χ0n) is 18.4. The summed E-state index contributed by atoms with van der Waals surface area (Å²) >= 11 is 0. The van der Waals surface area contributed by atoms with E-state index in [1.54, 1.807) is 31.3 Å². The van der Waals surface area contributed by atoms with Crippen LogP contribution in [0.4, 0.5) is 0 Å². The number of piperidine rings is 1. The molecule has 1 fully saturated rings. The average Bonchev–Trinajstić information content (AvgIpc) is 2.82. The molecule has 31 heavy (non-hydrogen) atoms. The summed E-state index contributed by atoms with van der Waals surface area (Å²) in [5, 5.41) is 3.28. The van der Waals surface area contributed by atoms with E-state index in [4.69, 9.17) is 13.9 Å². The van der Waals surface area contributed by atoms with Crippen molar-refractivity contribution in [2.45, 2.75) is 31.8 Å². The van der Waals surface area contributed by atoms with Crippen molar-refractivity contribution in [2.75, 3.05) is 33.9 Å². The number of hydrogen-bond acceptors (Lipinski definition) is 4. The summed E-state index contributed by atoms with van der Waals surface area (Å²) in [4.78, 5) is 13.7. The lowest BCUT2D eigenvalue weighted by molar-refractivity contribution is -0.950. The van der Waals surface area contributed by atoms with Crippen LogP contribution in [0.2, 0.25) is 0 Å². The van der Waals surface area contributed by atoms with Crippen LogP contribution in [0.15, 0.2) is 57.7 Å². The summed E-state index contributed by atoms with van der Waals surface area (Å²) in [5.41, 5.74) is 2.59. The van der Waals surface area contributed by atoms with E-state index in [1.165, 1.54) is 37.9 Å². The van der Waals surface area contributed by atoms with Gasteiger partial charge in [0, 0.05) is 28.6 Å². The maximum atomic E-state index is 12.1. The molecule has 0 aliphatic carbocycles. The van der Waals surface area contributed by atoms with E-state index < -0.39 is 0 Å². The third-order valence-corrected chi connectivity index (χ3v) is 6.31. The second kappa shape index (κ2) is 9.98. The third-order valence-electron chi connectivity index (χ3n) is 6.31. The van der Waals surface area contributed by atoms with E-state index in [0.29, 0.717) is 17.4 Å². The molecule has 0 amide bonds. The van der Waals surface area contributed by atoms with Crippen LogP contribution in [0, 0.1) is 0 Å². The smallest absolute Gasteiger partial charge is 0.336 e. The molecule has 0 unspecified atom stereocenters. The van der Waals surface area contributed by atoms with Gasteiger partial charge in [0.1, 0.15) is 30.2 Å². The number of nitrogens with one attached hydrogen (secondary N) is 1. The molecular formula is C25H32N2O4+2. The fourth-order valence-electron chi connectivity index (χ4n) is 4.64. The summed E-state index contributed by atoms with van der Waals surface area (Å²) in [6, 6.07) is 16.2. The van der Waals surface area contributed by atoms with Crippen molar-refractivity contribution in [2.24, 2.45) is 0 Å². The van der Waals surface area contributed by atoms with Crippen LogP contribution in [-0.4, -0.2) is 33.9 Å². The number of likely N-dealkylation sites (tertiary alicyclic amines) is 1. The average molecular weight is 425 g/mol. The van der Waals surface area contributed by atoms with Gasteiger partial charge in [0.2, 0.25) is 0 Å². The minimum Gasteiger partial charge on any atom is -0.497 e. The molecule has 6 nitrogen and oxygen atoms in total. The van der Waals surface area contributed by atoms with Gasteiger partial charge in [-0.15, -0.1) is 0 Å². The minimum atomic E-state index is -0.322. The van der Waals surface area contributed by atoms with Gasteiger partial charge in [-0.1, -0.05) is 0 Å². The minimum absolute atomic E-state index is 0.322. The van der Waals surface area contributed by atoms with Gasteiger partial charge in [0.25, 0.3) is 0 Å². The van der Waals surface area contributed by atoms with E-state index in [1.807, 2.05) is 12.1 Å². The molecule has 164 valence electrons. The molecule has 1 atom stereocenters. The maximum Gasteiger partial charge on any atom is 0.336 e. The van der Waals surface area contributed by atoms with Crippen molar-refractivity contribution in [1.82, 2.24) is 0 Å². The molecule has 1 aromatic heterocycles. The van der Waals surface area contributed by atoms with Gasteiger partial charge in [0.05, 0.1) is 27.3 Å². The summed E-state index contributed by atoms with van der Waals surface area (Å²) < 4.78 is 16.0. The van der Waals surface area contributed by atoms with Crippen molar-refractivity contribution in [3.63, 3.8) is 0 Å². The van der Waals surface area contributed by atoms with Crippen molar-refractivity contribution in [3.05, 3.63) is 70.1 Å². The quantitative estimate of drug-likeness (QED) is 0.540. The lowest BCUT2D eigenvalue weighted by atomic mass is 10.0. The zero-order chi connectivity index (χ0) is 21.6. The molecule has 2 heterocycles. The second-order valence-corrected chi connectivity index (χ2v) is 8.23. The second-order valence-electron chi connectivity index (χ2n) is 8.23. The Morgan fingerprint density at radius 2 is 1.68 bits per heavy atom. The molecule has 0 spiro atoms. The monoisotopic (exact) mass is 424 g/mol. The highest BCUT2D eigenvalue weighted by Crippen LogP contribution is 2.22. The lowest BCUT2D eigenvalue weighted by Crippen LogP contribution is -3.15. The number of rotatable bonds is 8. The zero-order valence-corrected chi connectivity index (χ0v) is 18.4. The fourth-order valence-corrected chi connectivity index (χ4v) is 4.64. The first-order valence-corrected chi connectivity index (χ1v) is 11.1. The summed E-state index contributed by atoms with van der Waals surface area (Å²) in [5.74, 6) is 1.57. The van der Waals surface area contributed by atoms with E-state index in [-0.39, 0.29) is 5.63 Å². The summed E-state index contributed by atoms with van der Waals surface area (Å²) in [6.07, 6.45) is 3.90. The highest BCUT2D eigenvalue weighted by atomic mass is 16.5. The Kier molecular flexibility index (Phi) is 6.89. The maximum absolute atomic E-state index is 12.1. The number of hydrogen-bond donors (Lipinski definition) is 2. The Bertz CT molecular complexity index is 1060. The Balaban J connectivity index is 1.52. The fraction of sp³-hybridized carbons (Fsp3) is 0.400. The van der Waals surface area contributed by atoms with Crippen molar-refractivity contribution in [1.29, 1.82) is 0 Å². The number of methoxy groups -OCH3 is 2. The molecule has 1 aliphatic rings. The third kappa shape index (κ3) is 5.09. The van der Waals surface area contributed by atoms with Gasteiger partial charge in [-0.05, 0) is 55.7 Å². The van der Waals surface area contributed by atoms with Gasteiger partial charge in [0.15, 0.2) is 6.04 Å². The Morgan fingerprint density at radius 1 is 0.968 bits per heavy atom. The van der Waals surface area contributed by atoms with Crippen LogP contribution in [0.25, 0.3) is 11.0 Å². The highest BCUT2D eigenvalue weighted by molar-refractivity contribution is 5.81. The Labute approximate surface area is 182 Å². The number of quaternary nitrogens is 2. The highest BCUT2D eigenvalue weighted by Gasteiger charge is 2.27. The topological polar surface area (TPSA) is 69.7 Å². The standard InChI is InChI=1S/C25H30N2O4/c1-29-20-8-6-18(7-9-20)23(27-12-4-3-5-13-27)17-26-16-19-14-25(28)31-24-15-21(30-2)10-11-22(19)24/h6-11,14-15,23,26H,3-5,12-13,16-17H2,1-2H3/p+2/t23-/m1/s1. The summed E-state index contributed by atoms with van der Waals surface area (Å²) in [7, 11) is 3.31. The molecule has 1 saturated heterocycles. The first-order valence-electron chi connectivity index (χ1n) is 11.1. The first-order chi connectivity index (χ1) is 15.2. The van der Waals surface area contributed by atoms with Crippen molar-refractivity contribution >= 4 is 11.0 Å². The largest absolute Gasteiger partial charge is 0.497 e. The van der Waals surface area contributed by atoms with Gasteiger partial charge >= 0.3 is 5.63 Å². The molecule has 1 aliphatic heterocycles. The SMILES string of the molecule is COc1ccc([C@@H](C[NH2+]Cc2cc(=O)oc3cc(OC)ccc23)[NH+]2CCCCC2)cc1. The Hall–Kier alpha value is -2.83. The van der Waals surface area contributed by atoms with Crippen LogP contribution in [0.5, 0.6) is 11.5 Å². The molecule has 6 heteroatoms. The van der Waals surface area contributed by atoms with Gasteiger partial charge in [-0.3, -0.25) is 0 Å². The van der Waals surface area contributed by atoms with Crippen LogP contribution >= 0.6 is 0 Å². The van der Waals surface area contributed by atoms with Gasteiger partial charge < -0.3 is 24.1 Å². The predicted molar refractivity (Wildman–Crippen MR) is 120 cm³/mol. The van der Waals surface area contributed by atoms with Gasteiger partial charge in [-0.2, -0.15) is 0 Å². The molecule has 4 rings (SSSR count). The number of ether oxygens (including phenoxy) is 2.